The van der Waals surface area contributed by atoms with Crippen LogP contribution in [0.1, 0.15) is 22.9 Å². The average Bonchev–Trinajstić information content (AvgIpc) is 3.30. The first-order valence-corrected chi connectivity index (χ1v) is 11.3. The van der Waals surface area contributed by atoms with Crippen LogP contribution in [0, 0.1) is 0 Å². The minimum absolute atomic E-state index is 0.376. The van der Waals surface area contributed by atoms with E-state index in [9.17, 15) is 4.79 Å². The van der Waals surface area contributed by atoms with Crippen LogP contribution in [0.3, 0.4) is 0 Å². The van der Waals surface area contributed by atoms with Gasteiger partial charge in [0.05, 0.1) is 20.4 Å². The number of carbonyl (C=O) groups is 1. The van der Waals surface area contributed by atoms with Gasteiger partial charge < -0.3 is 5.32 Å². The number of amides is 2. The van der Waals surface area contributed by atoms with Crippen molar-refractivity contribution in [3.8, 4) is 0 Å². The van der Waals surface area contributed by atoms with E-state index >= 15 is 0 Å². The molecule has 4 nitrogen and oxygen atoms in total. The fraction of sp³-hybridized carbons (Fsp3) is 0.100. The van der Waals surface area contributed by atoms with Crippen LogP contribution in [-0.4, -0.2) is 16.8 Å². The van der Waals surface area contributed by atoms with Crippen molar-refractivity contribution >= 4 is 79.5 Å². The zero-order valence-electron chi connectivity index (χ0n) is 14.7. The largest absolute Gasteiger partial charge is 0.342 e. The molecule has 0 fully saturated rings. The third kappa shape index (κ3) is 4.47. The number of hydrogen-bond donors (Lipinski definition) is 1. The third-order valence-corrected chi connectivity index (χ3v) is 6.99. The smallest absolute Gasteiger partial charge is 0.306 e. The maximum Gasteiger partial charge on any atom is 0.342 e. The molecule has 2 heterocycles. The number of halogens is 4. The molecule has 0 radical (unpaired) electrons. The van der Waals surface area contributed by atoms with Crippen LogP contribution < -0.4 is 5.32 Å². The molecule has 1 unspecified atom stereocenters. The Morgan fingerprint density at radius 2 is 1.76 bits per heavy atom. The fourth-order valence-electron chi connectivity index (χ4n) is 3.08. The maximum atomic E-state index is 13.1. The molecule has 0 spiro atoms. The summed E-state index contributed by atoms with van der Waals surface area (Å²) in [5.41, 5.74) is 2.09. The second-order valence-electron chi connectivity index (χ2n) is 6.29. The molecule has 0 saturated carbocycles. The summed E-state index contributed by atoms with van der Waals surface area (Å²) in [7, 11) is 0. The van der Waals surface area contributed by atoms with Crippen molar-refractivity contribution < 1.29 is 4.79 Å². The number of rotatable bonds is 3. The molecule has 2 aromatic carbocycles. The highest BCUT2D eigenvalue weighted by molar-refractivity contribution is 9.11. The molecule has 0 saturated heterocycles. The van der Waals surface area contributed by atoms with Crippen LogP contribution in [0.4, 0.5) is 10.5 Å². The van der Waals surface area contributed by atoms with E-state index in [1.165, 1.54) is 5.01 Å². The molecule has 1 atom stereocenters. The van der Waals surface area contributed by atoms with Gasteiger partial charge in [0, 0.05) is 32.7 Å². The van der Waals surface area contributed by atoms with Gasteiger partial charge in [-0.05, 0) is 64.5 Å². The number of benzene rings is 2. The molecular weight excluding hydrogens is 517 g/mol. The van der Waals surface area contributed by atoms with E-state index in [1.807, 2.05) is 12.1 Å². The molecule has 9 heteroatoms. The van der Waals surface area contributed by atoms with E-state index < -0.39 is 6.04 Å². The van der Waals surface area contributed by atoms with Gasteiger partial charge in [-0.1, -0.05) is 40.9 Å². The Morgan fingerprint density at radius 3 is 2.38 bits per heavy atom. The third-order valence-electron chi connectivity index (χ3n) is 4.40. The van der Waals surface area contributed by atoms with Gasteiger partial charge in [-0.3, -0.25) is 0 Å². The van der Waals surface area contributed by atoms with Crippen LogP contribution in [-0.2, 0) is 0 Å². The Labute approximate surface area is 195 Å². The van der Waals surface area contributed by atoms with E-state index in [-0.39, 0.29) is 6.03 Å². The van der Waals surface area contributed by atoms with Crippen molar-refractivity contribution in [2.45, 2.75) is 12.5 Å². The van der Waals surface area contributed by atoms with Crippen molar-refractivity contribution in [1.29, 1.82) is 0 Å². The molecule has 148 valence electrons. The lowest BCUT2D eigenvalue weighted by molar-refractivity contribution is 0.200. The number of hydrazone groups is 1. The van der Waals surface area contributed by atoms with Gasteiger partial charge in [-0.25, -0.2) is 9.80 Å². The van der Waals surface area contributed by atoms with Crippen LogP contribution in [0.15, 0.2) is 63.5 Å². The normalized spacial score (nSPS) is 16.1. The number of hydrogen-bond acceptors (Lipinski definition) is 3. The number of thiophene rings is 1. The predicted octanol–water partition coefficient (Wildman–Crippen LogP) is 7.85. The van der Waals surface area contributed by atoms with Crippen LogP contribution in [0.5, 0.6) is 0 Å². The molecular formula is C20H13BrCl3N3OS. The molecule has 1 aliphatic heterocycles. The van der Waals surface area contributed by atoms with Gasteiger partial charge in [-0.2, -0.15) is 5.10 Å². The van der Waals surface area contributed by atoms with Crippen molar-refractivity contribution in [3.05, 3.63) is 83.9 Å². The molecule has 3 aromatic rings. The molecule has 1 aromatic heterocycles. The topological polar surface area (TPSA) is 44.7 Å². The minimum atomic E-state index is -0.417. The van der Waals surface area contributed by atoms with E-state index in [0.29, 0.717) is 32.7 Å². The van der Waals surface area contributed by atoms with Crippen molar-refractivity contribution in [1.82, 2.24) is 5.01 Å². The molecule has 29 heavy (non-hydrogen) atoms. The first-order chi connectivity index (χ1) is 13.9. The van der Waals surface area contributed by atoms with E-state index in [0.717, 1.165) is 14.4 Å². The predicted molar refractivity (Wildman–Crippen MR) is 125 cm³/mol. The lowest BCUT2D eigenvalue weighted by Crippen LogP contribution is -2.31. The van der Waals surface area contributed by atoms with Crippen molar-refractivity contribution in [2.75, 3.05) is 5.32 Å². The number of nitrogens with zero attached hydrogens (tertiary/aromatic N) is 2. The van der Waals surface area contributed by atoms with Gasteiger partial charge in [0.2, 0.25) is 0 Å². The quantitative estimate of drug-likeness (QED) is 0.369. The zero-order valence-corrected chi connectivity index (χ0v) is 19.4. The highest BCUT2D eigenvalue weighted by atomic mass is 79.9. The number of urea groups is 1. The molecule has 2 amide bonds. The SMILES string of the molecule is O=C(Nc1ccc(Cl)cc1)N1N=C(c2ccc(Br)s2)CC1c1c(Cl)cccc1Cl. The summed E-state index contributed by atoms with van der Waals surface area (Å²) in [6.07, 6.45) is 0.504. The number of anilines is 1. The number of nitrogens with one attached hydrogen (secondary N) is 1. The molecule has 4 rings (SSSR count). The minimum Gasteiger partial charge on any atom is -0.306 e. The highest BCUT2D eigenvalue weighted by Crippen LogP contribution is 2.41. The van der Waals surface area contributed by atoms with Crippen molar-refractivity contribution in [3.63, 3.8) is 0 Å². The Balaban J connectivity index is 1.69. The van der Waals surface area contributed by atoms with Gasteiger partial charge in [0.1, 0.15) is 0 Å². The summed E-state index contributed by atoms with van der Waals surface area (Å²) in [6, 6.07) is 15.3. The Bertz CT molecular complexity index is 1080. The Kier molecular flexibility index (Phi) is 6.18. The fourth-order valence-corrected chi connectivity index (χ4v) is 5.24. The summed E-state index contributed by atoms with van der Waals surface area (Å²) in [5.74, 6) is 0. The van der Waals surface area contributed by atoms with Crippen LogP contribution in [0.2, 0.25) is 15.1 Å². The van der Waals surface area contributed by atoms with E-state index in [4.69, 9.17) is 34.8 Å². The Hall–Kier alpha value is -1.57. The molecule has 1 aliphatic rings. The molecule has 1 N–H and O–H groups in total. The van der Waals surface area contributed by atoms with E-state index in [2.05, 4.69) is 26.3 Å². The highest BCUT2D eigenvalue weighted by Gasteiger charge is 2.36. The van der Waals surface area contributed by atoms with Gasteiger partial charge in [0.25, 0.3) is 0 Å². The van der Waals surface area contributed by atoms with E-state index in [1.54, 1.807) is 53.8 Å². The number of carbonyl (C=O) groups excluding carboxylic acids is 1. The first-order valence-electron chi connectivity index (χ1n) is 8.55. The summed E-state index contributed by atoms with van der Waals surface area (Å²) in [5, 5.41) is 10.5. The second-order valence-corrected chi connectivity index (χ2v) is 10.0. The van der Waals surface area contributed by atoms with Crippen LogP contribution in [0.25, 0.3) is 0 Å². The van der Waals surface area contributed by atoms with Gasteiger partial charge in [0.15, 0.2) is 0 Å². The summed E-state index contributed by atoms with van der Waals surface area (Å²) in [6.45, 7) is 0. The molecule has 0 bridgehead atoms. The Morgan fingerprint density at radius 1 is 1.07 bits per heavy atom. The zero-order chi connectivity index (χ0) is 20.5. The lowest BCUT2D eigenvalue weighted by atomic mass is 10.0. The summed E-state index contributed by atoms with van der Waals surface area (Å²) < 4.78 is 0.992. The maximum absolute atomic E-state index is 13.1. The standard InChI is InChI=1S/C20H13BrCl3N3OS/c21-18-9-8-17(29-18)15-10-16(19-13(23)2-1-3-14(19)24)27(26-15)20(28)25-12-6-4-11(22)5-7-12/h1-9,16H,10H2,(H,25,28). The lowest BCUT2D eigenvalue weighted by Gasteiger charge is -2.24. The molecule has 0 aliphatic carbocycles. The average molecular weight is 530 g/mol. The van der Waals surface area contributed by atoms with Crippen molar-refractivity contribution in [2.24, 2.45) is 5.10 Å². The monoisotopic (exact) mass is 527 g/mol. The van der Waals surface area contributed by atoms with Crippen LogP contribution >= 0.6 is 62.1 Å². The summed E-state index contributed by atoms with van der Waals surface area (Å²) in [4.78, 5) is 14.0. The van der Waals surface area contributed by atoms with Gasteiger partial charge in [-0.15, -0.1) is 11.3 Å². The second kappa shape index (κ2) is 8.66. The first kappa shape index (κ1) is 20.7. The summed E-state index contributed by atoms with van der Waals surface area (Å²) >= 11 is 23.8. The van der Waals surface area contributed by atoms with Gasteiger partial charge >= 0.3 is 6.03 Å².